The zero-order valence-corrected chi connectivity index (χ0v) is 19.9. The van der Waals surface area contributed by atoms with E-state index in [2.05, 4.69) is 19.2 Å². The van der Waals surface area contributed by atoms with Gasteiger partial charge >= 0.3 is 6.03 Å². The molecule has 1 N–H and O–H groups in total. The molecule has 0 bridgehead atoms. The van der Waals surface area contributed by atoms with E-state index in [9.17, 15) is 9.59 Å². The van der Waals surface area contributed by atoms with E-state index in [4.69, 9.17) is 9.47 Å². The Bertz CT molecular complexity index is 756. The van der Waals surface area contributed by atoms with Crippen molar-refractivity contribution in [2.24, 2.45) is 5.92 Å². The largest absolute Gasteiger partial charge is 0.490 e. The summed E-state index contributed by atoms with van der Waals surface area (Å²) in [6, 6.07) is 5.91. The number of carbonyl (C=O) groups is 2. The molecule has 1 unspecified atom stereocenters. The number of nitrogens with zero attached hydrogens (tertiary/aromatic N) is 2. The Labute approximate surface area is 192 Å². The Hall–Kier alpha value is -2.44. The van der Waals surface area contributed by atoms with Crippen LogP contribution < -0.4 is 14.8 Å². The maximum atomic E-state index is 12.9. The summed E-state index contributed by atoms with van der Waals surface area (Å²) in [4.78, 5) is 29.3. The highest BCUT2D eigenvalue weighted by Crippen LogP contribution is 2.31. The lowest BCUT2D eigenvalue weighted by atomic mass is 9.95. The summed E-state index contributed by atoms with van der Waals surface area (Å²) in [5, 5.41) is 3.16. The summed E-state index contributed by atoms with van der Waals surface area (Å²) in [6.45, 7) is 10.4. The zero-order chi connectivity index (χ0) is 22.9. The second kappa shape index (κ2) is 12.0. The minimum Gasteiger partial charge on any atom is -0.490 e. The van der Waals surface area contributed by atoms with Crippen LogP contribution in [0.25, 0.3) is 0 Å². The number of hydrogen-bond donors (Lipinski definition) is 1. The van der Waals surface area contributed by atoms with Crippen LogP contribution in [-0.2, 0) is 4.79 Å². The van der Waals surface area contributed by atoms with Crippen LogP contribution in [0.15, 0.2) is 18.2 Å². The van der Waals surface area contributed by atoms with Gasteiger partial charge in [0.15, 0.2) is 11.5 Å². The first-order valence-corrected chi connectivity index (χ1v) is 12.3. The van der Waals surface area contributed by atoms with Crippen molar-refractivity contribution in [3.63, 3.8) is 0 Å². The van der Waals surface area contributed by atoms with E-state index in [-0.39, 0.29) is 23.9 Å². The fraction of sp³-hybridized carbons (Fsp3) is 0.680. The van der Waals surface area contributed by atoms with Crippen molar-refractivity contribution in [2.45, 2.75) is 65.3 Å². The number of carbonyl (C=O) groups excluding carboxylic acids is 2. The van der Waals surface area contributed by atoms with E-state index in [1.54, 1.807) is 0 Å². The molecule has 7 heteroatoms. The number of amides is 3. The molecule has 0 aliphatic carbocycles. The highest BCUT2D eigenvalue weighted by atomic mass is 16.5. The van der Waals surface area contributed by atoms with Gasteiger partial charge in [-0.2, -0.15) is 0 Å². The quantitative estimate of drug-likeness (QED) is 0.613. The summed E-state index contributed by atoms with van der Waals surface area (Å²) >= 11 is 0. The molecule has 2 heterocycles. The fourth-order valence-corrected chi connectivity index (χ4v) is 4.31. The molecule has 0 saturated carbocycles. The third kappa shape index (κ3) is 6.30. The summed E-state index contributed by atoms with van der Waals surface area (Å²) in [7, 11) is 0. The van der Waals surface area contributed by atoms with Crippen molar-refractivity contribution < 1.29 is 19.1 Å². The predicted octanol–water partition coefficient (Wildman–Crippen LogP) is 4.37. The van der Waals surface area contributed by atoms with Crippen LogP contribution in [0, 0.1) is 5.92 Å². The molecule has 0 radical (unpaired) electrons. The average molecular weight is 446 g/mol. The van der Waals surface area contributed by atoms with E-state index in [0.717, 1.165) is 55.8 Å². The third-order valence-corrected chi connectivity index (χ3v) is 6.26. The number of rotatable bonds is 9. The van der Waals surface area contributed by atoms with Gasteiger partial charge in [0.25, 0.3) is 0 Å². The lowest BCUT2D eigenvalue weighted by Gasteiger charge is -2.34. The average Bonchev–Trinajstić information content (AvgIpc) is 3.36. The van der Waals surface area contributed by atoms with Gasteiger partial charge in [-0.1, -0.05) is 19.9 Å². The van der Waals surface area contributed by atoms with Gasteiger partial charge in [-0.05, 0) is 63.1 Å². The second-order valence-electron chi connectivity index (χ2n) is 8.87. The topological polar surface area (TPSA) is 71.1 Å². The summed E-state index contributed by atoms with van der Waals surface area (Å²) in [5.41, 5.74) is 0.995. The van der Waals surface area contributed by atoms with Crippen molar-refractivity contribution in [2.75, 3.05) is 39.4 Å². The summed E-state index contributed by atoms with van der Waals surface area (Å²) in [5.74, 6) is 1.49. The highest BCUT2D eigenvalue weighted by Gasteiger charge is 2.31. The number of ether oxygens (including phenoxy) is 2. The second-order valence-corrected chi connectivity index (χ2v) is 8.87. The molecular weight excluding hydrogens is 406 g/mol. The van der Waals surface area contributed by atoms with Gasteiger partial charge in [0.05, 0.1) is 19.3 Å². The van der Waals surface area contributed by atoms with Crippen LogP contribution in [0.5, 0.6) is 11.5 Å². The molecule has 2 aliphatic rings. The molecule has 1 aromatic carbocycles. The molecule has 3 rings (SSSR count). The van der Waals surface area contributed by atoms with Crippen molar-refractivity contribution in [3.8, 4) is 11.5 Å². The number of piperidine rings is 1. The van der Waals surface area contributed by atoms with E-state index in [1.165, 1.54) is 0 Å². The maximum absolute atomic E-state index is 12.9. The number of likely N-dealkylation sites (tertiary alicyclic amines) is 2. The van der Waals surface area contributed by atoms with Crippen LogP contribution >= 0.6 is 0 Å². The summed E-state index contributed by atoms with van der Waals surface area (Å²) in [6.07, 6.45) is 5.48. The molecule has 1 aromatic rings. The minimum atomic E-state index is -0.129. The summed E-state index contributed by atoms with van der Waals surface area (Å²) < 4.78 is 11.7. The first kappa shape index (κ1) is 24.2. The van der Waals surface area contributed by atoms with Crippen LogP contribution in [0.1, 0.15) is 70.9 Å². The Morgan fingerprint density at radius 2 is 1.56 bits per heavy atom. The van der Waals surface area contributed by atoms with E-state index < -0.39 is 0 Å². The lowest BCUT2D eigenvalue weighted by Crippen LogP contribution is -2.47. The van der Waals surface area contributed by atoms with Crippen LogP contribution in [-0.4, -0.2) is 61.1 Å². The third-order valence-electron chi connectivity index (χ3n) is 6.26. The molecule has 2 saturated heterocycles. The normalized spacial score (nSPS) is 17.8. The van der Waals surface area contributed by atoms with Gasteiger partial charge in [0, 0.05) is 32.1 Å². The molecular formula is C25H39N3O4. The standard InChI is InChI=1S/C25H39N3O4/c1-4-16-31-22-9-8-21(18-23(22)32-17-5-2)19(3)26-24(29)20-10-14-28(15-11-20)25(30)27-12-6-7-13-27/h8-9,18-20H,4-7,10-17H2,1-3H3,(H,26,29). The molecule has 2 aliphatic heterocycles. The molecule has 32 heavy (non-hydrogen) atoms. The van der Waals surface area contributed by atoms with E-state index in [0.29, 0.717) is 39.1 Å². The molecule has 3 amide bonds. The maximum Gasteiger partial charge on any atom is 0.319 e. The smallest absolute Gasteiger partial charge is 0.319 e. The van der Waals surface area contributed by atoms with Gasteiger partial charge in [-0.25, -0.2) is 4.79 Å². The predicted molar refractivity (Wildman–Crippen MR) is 125 cm³/mol. The van der Waals surface area contributed by atoms with Crippen LogP contribution in [0.4, 0.5) is 4.79 Å². The number of nitrogens with one attached hydrogen (secondary N) is 1. The fourth-order valence-electron chi connectivity index (χ4n) is 4.31. The number of hydrogen-bond acceptors (Lipinski definition) is 4. The number of urea groups is 1. The molecule has 0 aromatic heterocycles. The first-order valence-electron chi connectivity index (χ1n) is 12.3. The van der Waals surface area contributed by atoms with Gasteiger partial charge in [0.1, 0.15) is 0 Å². The lowest BCUT2D eigenvalue weighted by molar-refractivity contribution is -0.126. The Balaban J connectivity index is 1.54. The minimum absolute atomic E-state index is 0.0527. The van der Waals surface area contributed by atoms with Crippen LogP contribution in [0.3, 0.4) is 0 Å². The molecule has 7 nitrogen and oxygen atoms in total. The number of benzene rings is 1. The first-order chi connectivity index (χ1) is 15.5. The zero-order valence-electron chi connectivity index (χ0n) is 19.9. The van der Waals surface area contributed by atoms with Gasteiger partial charge in [0.2, 0.25) is 5.91 Å². The van der Waals surface area contributed by atoms with E-state index >= 15 is 0 Å². The highest BCUT2D eigenvalue weighted by molar-refractivity contribution is 5.80. The monoisotopic (exact) mass is 445 g/mol. The molecule has 1 atom stereocenters. The van der Waals surface area contributed by atoms with E-state index in [1.807, 2.05) is 34.9 Å². The Morgan fingerprint density at radius 3 is 2.19 bits per heavy atom. The molecule has 2 fully saturated rings. The van der Waals surface area contributed by atoms with Crippen LogP contribution in [0.2, 0.25) is 0 Å². The van der Waals surface area contributed by atoms with Crippen molar-refractivity contribution in [3.05, 3.63) is 23.8 Å². The Morgan fingerprint density at radius 1 is 0.969 bits per heavy atom. The van der Waals surface area contributed by atoms with Gasteiger partial charge in [-0.15, -0.1) is 0 Å². The SMILES string of the molecule is CCCOc1ccc(C(C)NC(=O)C2CCN(C(=O)N3CCCC3)CC2)cc1OCCC. The Kier molecular flexibility index (Phi) is 9.06. The van der Waals surface area contributed by atoms with Gasteiger partial charge < -0.3 is 24.6 Å². The molecule has 0 spiro atoms. The molecule has 178 valence electrons. The van der Waals surface area contributed by atoms with Gasteiger partial charge in [-0.3, -0.25) is 4.79 Å². The van der Waals surface area contributed by atoms with Crippen molar-refractivity contribution in [1.82, 2.24) is 15.1 Å². The van der Waals surface area contributed by atoms with Crippen molar-refractivity contribution in [1.29, 1.82) is 0 Å². The van der Waals surface area contributed by atoms with Crippen molar-refractivity contribution >= 4 is 11.9 Å².